The van der Waals surface area contributed by atoms with Gasteiger partial charge in [0.25, 0.3) is 5.78 Å². The smallest absolute Gasteiger partial charge is 0.254 e. The van der Waals surface area contributed by atoms with Crippen LogP contribution in [-0.4, -0.2) is 19.6 Å². The third-order valence-corrected chi connectivity index (χ3v) is 4.28. The highest BCUT2D eigenvalue weighted by Crippen LogP contribution is 2.27. The van der Waals surface area contributed by atoms with Crippen molar-refractivity contribution in [2.45, 2.75) is 39.2 Å². The lowest BCUT2D eigenvalue weighted by atomic mass is 9.96. The summed E-state index contributed by atoms with van der Waals surface area (Å²) >= 11 is 0. The second-order valence-corrected chi connectivity index (χ2v) is 5.90. The summed E-state index contributed by atoms with van der Waals surface area (Å²) in [4.78, 5) is 8.91. The third-order valence-electron chi connectivity index (χ3n) is 4.28. The van der Waals surface area contributed by atoms with Gasteiger partial charge in [-0.3, -0.25) is 0 Å². The van der Waals surface area contributed by atoms with Crippen molar-refractivity contribution in [3.8, 4) is 0 Å². The van der Waals surface area contributed by atoms with Gasteiger partial charge in [-0.2, -0.15) is 14.6 Å². The van der Waals surface area contributed by atoms with E-state index in [1.165, 1.54) is 35.2 Å². The zero-order chi connectivity index (χ0) is 14.9. The first-order valence-electron chi connectivity index (χ1n) is 7.82. The molecule has 0 fully saturated rings. The molecule has 0 aliphatic heterocycles. The van der Waals surface area contributed by atoms with Gasteiger partial charge in [-0.1, -0.05) is 29.8 Å². The number of nitrogens with zero attached hydrogens (tertiary/aromatic N) is 4. The van der Waals surface area contributed by atoms with Crippen LogP contribution in [0.15, 0.2) is 30.6 Å². The van der Waals surface area contributed by atoms with E-state index < -0.39 is 0 Å². The van der Waals surface area contributed by atoms with Gasteiger partial charge in [0, 0.05) is 12.1 Å². The van der Waals surface area contributed by atoms with E-state index in [2.05, 4.69) is 51.6 Å². The van der Waals surface area contributed by atoms with Crippen LogP contribution >= 0.6 is 0 Å². The Hall–Kier alpha value is -2.43. The molecule has 1 aromatic carbocycles. The van der Waals surface area contributed by atoms with Crippen molar-refractivity contribution in [3.63, 3.8) is 0 Å². The van der Waals surface area contributed by atoms with E-state index in [-0.39, 0.29) is 0 Å². The summed E-state index contributed by atoms with van der Waals surface area (Å²) in [5.41, 5.74) is 5.03. The topological polar surface area (TPSA) is 55.1 Å². The minimum Gasteiger partial charge on any atom is -0.366 e. The highest BCUT2D eigenvalue weighted by atomic mass is 15.4. The van der Waals surface area contributed by atoms with Crippen molar-refractivity contribution in [1.82, 2.24) is 19.6 Å². The molecule has 1 N–H and O–H groups in total. The quantitative estimate of drug-likeness (QED) is 0.806. The zero-order valence-electron chi connectivity index (χ0n) is 12.7. The highest BCUT2D eigenvalue weighted by Gasteiger charge is 2.19. The lowest BCUT2D eigenvalue weighted by Gasteiger charge is -2.20. The van der Waals surface area contributed by atoms with E-state index in [0.29, 0.717) is 5.78 Å². The second-order valence-electron chi connectivity index (χ2n) is 5.90. The molecule has 2 heterocycles. The minimum absolute atomic E-state index is 0.687. The number of hydrogen-bond acceptors (Lipinski definition) is 4. The van der Waals surface area contributed by atoms with Gasteiger partial charge in [0.05, 0.1) is 5.69 Å². The van der Waals surface area contributed by atoms with Gasteiger partial charge >= 0.3 is 0 Å². The highest BCUT2D eigenvalue weighted by molar-refractivity contribution is 5.53. The number of aromatic nitrogens is 4. The lowest BCUT2D eigenvalue weighted by Crippen LogP contribution is -2.15. The molecule has 112 valence electrons. The van der Waals surface area contributed by atoms with E-state index in [1.807, 2.05) is 4.52 Å². The van der Waals surface area contributed by atoms with Crippen LogP contribution in [0.2, 0.25) is 0 Å². The third kappa shape index (κ3) is 2.32. The van der Waals surface area contributed by atoms with Crippen molar-refractivity contribution in [2.24, 2.45) is 0 Å². The molecule has 0 unspecified atom stereocenters. The Labute approximate surface area is 129 Å². The number of anilines is 1. The molecule has 22 heavy (non-hydrogen) atoms. The Bertz CT molecular complexity index is 804. The molecule has 1 aliphatic carbocycles. The summed E-state index contributed by atoms with van der Waals surface area (Å²) in [6.45, 7) is 2.89. The maximum Gasteiger partial charge on any atom is 0.254 e. The van der Waals surface area contributed by atoms with Crippen LogP contribution in [0.4, 0.5) is 5.82 Å². The van der Waals surface area contributed by atoms with Crippen molar-refractivity contribution in [2.75, 3.05) is 5.32 Å². The predicted octanol–water partition coefficient (Wildman–Crippen LogP) is 2.92. The molecule has 1 aliphatic rings. The van der Waals surface area contributed by atoms with Crippen LogP contribution in [0, 0.1) is 6.92 Å². The number of hydrogen-bond donors (Lipinski definition) is 1. The molecule has 0 saturated heterocycles. The monoisotopic (exact) mass is 293 g/mol. The fourth-order valence-electron chi connectivity index (χ4n) is 3.06. The van der Waals surface area contributed by atoms with Crippen molar-refractivity contribution < 1.29 is 0 Å². The molecule has 0 radical (unpaired) electrons. The fraction of sp³-hybridized carbons (Fsp3) is 0.353. The average molecular weight is 293 g/mol. The molecule has 0 amide bonds. The Morgan fingerprint density at radius 2 is 1.95 bits per heavy atom. The van der Waals surface area contributed by atoms with Gasteiger partial charge in [-0.15, -0.1) is 0 Å². The van der Waals surface area contributed by atoms with Gasteiger partial charge in [-0.05, 0) is 38.2 Å². The van der Waals surface area contributed by atoms with E-state index in [1.54, 1.807) is 6.33 Å². The van der Waals surface area contributed by atoms with Gasteiger partial charge in [0.15, 0.2) is 0 Å². The normalized spacial score (nSPS) is 14.0. The maximum atomic E-state index is 4.65. The summed E-state index contributed by atoms with van der Waals surface area (Å²) in [6.07, 6.45) is 6.10. The molecule has 2 aromatic heterocycles. The van der Waals surface area contributed by atoms with Crippen LogP contribution in [0.25, 0.3) is 5.78 Å². The fourth-order valence-corrected chi connectivity index (χ4v) is 3.06. The first-order valence-corrected chi connectivity index (χ1v) is 7.82. The number of nitrogens with one attached hydrogen (secondary N) is 1. The van der Waals surface area contributed by atoms with Gasteiger partial charge in [-0.25, -0.2) is 4.98 Å². The first-order chi connectivity index (χ1) is 10.8. The lowest BCUT2D eigenvalue weighted by molar-refractivity contribution is 0.660. The van der Waals surface area contributed by atoms with Crippen molar-refractivity contribution in [3.05, 3.63) is 53.0 Å². The molecular formula is C17H19N5. The van der Waals surface area contributed by atoms with E-state index >= 15 is 0 Å². The predicted molar refractivity (Wildman–Crippen MR) is 85.9 cm³/mol. The van der Waals surface area contributed by atoms with Crippen LogP contribution in [0.5, 0.6) is 0 Å². The zero-order valence-corrected chi connectivity index (χ0v) is 12.7. The minimum atomic E-state index is 0.687. The molecule has 5 heteroatoms. The van der Waals surface area contributed by atoms with Crippen molar-refractivity contribution in [1.29, 1.82) is 0 Å². The van der Waals surface area contributed by atoms with Gasteiger partial charge < -0.3 is 5.32 Å². The Morgan fingerprint density at radius 1 is 1.14 bits per heavy atom. The van der Waals surface area contributed by atoms with Crippen LogP contribution in [0.1, 0.15) is 35.2 Å². The maximum absolute atomic E-state index is 4.65. The summed E-state index contributed by atoms with van der Waals surface area (Å²) in [7, 11) is 0. The number of rotatable bonds is 3. The number of benzene rings is 1. The van der Waals surface area contributed by atoms with Crippen LogP contribution in [-0.2, 0) is 19.4 Å². The van der Waals surface area contributed by atoms with E-state index in [0.717, 1.165) is 25.2 Å². The SMILES string of the molecule is Cc1ccc(CNc2c3c(nc4ncnn24)CCCC3)cc1. The Balaban J connectivity index is 1.70. The van der Waals surface area contributed by atoms with Gasteiger partial charge in [0.2, 0.25) is 0 Å². The van der Waals surface area contributed by atoms with Crippen LogP contribution < -0.4 is 5.32 Å². The average Bonchev–Trinajstić information content (AvgIpc) is 3.01. The van der Waals surface area contributed by atoms with E-state index in [4.69, 9.17) is 0 Å². The first kappa shape index (κ1) is 13.2. The van der Waals surface area contributed by atoms with Gasteiger partial charge in [0.1, 0.15) is 12.1 Å². The summed E-state index contributed by atoms with van der Waals surface area (Å²) in [5, 5.41) is 7.89. The Kier molecular flexibility index (Phi) is 3.25. The molecule has 0 spiro atoms. The molecule has 0 saturated carbocycles. The molecule has 0 bridgehead atoms. The standard InChI is InChI=1S/C17H19N5/c1-12-6-8-13(9-7-12)10-18-16-14-4-2-3-5-15(14)21-17-19-11-20-22(16)17/h6-9,11,18H,2-5,10H2,1H3. The van der Waals surface area contributed by atoms with Crippen LogP contribution in [0.3, 0.4) is 0 Å². The summed E-state index contributed by atoms with van der Waals surface area (Å²) in [6, 6.07) is 8.61. The molecule has 0 atom stereocenters. The number of fused-ring (bicyclic) bond motifs is 2. The molecule has 4 rings (SSSR count). The summed E-state index contributed by atoms with van der Waals surface area (Å²) in [5.74, 6) is 1.74. The summed E-state index contributed by atoms with van der Waals surface area (Å²) < 4.78 is 1.83. The Morgan fingerprint density at radius 3 is 2.82 bits per heavy atom. The molecule has 5 nitrogen and oxygen atoms in total. The molecular weight excluding hydrogens is 274 g/mol. The number of aryl methyl sites for hydroxylation is 2. The van der Waals surface area contributed by atoms with E-state index in [9.17, 15) is 0 Å². The largest absolute Gasteiger partial charge is 0.366 e. The molecule has 3 aromatic rings. The van der Waals surface area contributed by atoms with Crippen molar-refractivity contribution >= 4 is 11.6 Å². The second kappa shape index (κ2) is 5.40.